The topological polar surface area (TPSA) is 59.0 Å². The van der Waals surface area contributed by atoms with Gasteiger partial charge in [0.1, 0.15) is 12.4 Å². The lowest BCUT2D eigenvalue weighted by molar-refractivity contribution is -0.117. The number of ether oxygens (including phenoxy) is 2. The fourth-order valence-corrected chi connectivity index (χ4v) is 1.90. The number of carbonyl (C=O) groups excluding carboxylic acids is 1. The maximum absolute atomic E-state index is 11.6. The first-order valence-electron chi connectivity index (χ1n) is 5.91. The van der Waals surface area contributed by atoms with Crippen molar-refractivity contribution < 1.29 is 19.4 Å². The smallest absolute Gasteiger partial charge is 0.229 e. The van der Waals surface area contributed by atoms with Crippen LogP contribution in [0, 0.1) is 0 Å². The van der Waals surface area contributed by atoms with E-state index in [-0.39, 0.29) is 12.3 Å². The number of amides is 1. The van der Waals surface area contributed by atoms with Crippen LogP contribution in [0.15, 0.2) is 24.3 Å². The van der Waals surface area contributed by atoms with Crippen LogP contribution in [0.25, 0.3) is 0 Å². The van der Waals surface area contributed by atoms with Crippen molar-refractivity contribution in [1.29, 1.82) is 0 Å². The zero-order valence-electron chi connectivity index (χ0n) is 10.3. The molecule has 0 aliphatic carbocycles. The van der Waals surface area contributed by atoms with Crippen LogP contribution in [0.2, 0.25) is 0 Å². The molecule has 2 rings (SSSR count). The van der Waals surface area contributed by atoms with Gasteiger partial charge < -0.3 is 19.5 Å². The Bertz CT molecular complexity index is 404. The van der Waals surface area contributed by atoms with Crippen LogP contribution >= 0.6 is 0 Å². The molecule has 1 fully saturated rings. The van der Waals surface area contributed by atoms with Gasteiger partial charge in [-0.2, -0.15) is 0 Å². The standard InChI is InChI=1S/C13H17NO4/c1-17-6-7-18-12-4-2-10(3-5-12)14-9-11(15)8-13(14)16/h2-5,11,15H,6-9H2,1H3. The van der Waals surface area contributed by atoms with Crippen LogP contribution in [-0.2, 0) is 9.53 Å². The molecule has 0 radical (unpaired) electrons. The largest absolute Gasteiger partial charge is 0.491 e. The molecule has 98 valence electrons. The van der Waals surface area contributed by atoms with E-state index in [0.717, 1.165) is 11.4 Å². The van der Waals surface area contributed by atoms with E-state index in [1.54, 1.807) is 12.0 Å². The number of β-amino-alcohol motifs (C(OH)–C–C–N with tert-alkyl or cyclic N) is 1. The van der Waals surface area contributed by atoms with Crippen molar-refractivity contribution in [3.05, 3.63) is 24.3 Å². The van der Waals surface area contributed by atoms with Gasteiger partial charge in [0.05, 0.1) is 25.7 Å². The number of hydrogen-bond acceptors (Lipinski definition) is 4. The highest BCUT2D eigenvalue weighted by Crippen LogP contribution is 2.24. The second kappa shape index (κ2) is 5.84. The van der Waals surface area contributed by atoms with Gasteiger partial charge in [0, 0.05) is 12.8 Å². The number of anilines is 1. The number of hydrogen-bond donors (Lipinski definition) is 1. The van der Waals surface area contributed by atoms with E-state index < -0.39 is 6.10 Å². The van der Waals surface area contributed by atoms with Gasteiger partial charge in [-0.05, 0) is 24.3 Å². The summed E-state index contributed by atoms with van der Waals surface area (Å²) in [5, 5.41) is 9.43. The van der Waals surface area contributed by atoms with Crippen molar-refractivity contribution in [2.45, 2.75) is 12.5 Å². The number of aliphatic hydroxyl groups is 1. The van der Waals surface area contributed by atoms with E-state index in [4.69, 9.17) is 9.47 Å². The Morgan fingerprint density at radius 2 is 2.06 bits per heavy atom. The molecule has 1 aromatic rings. The summed E-state index contributed by atoms with van der Waals surface area (Å²) in [5.41, 5.74) is 0.788. The van der Waals surface area contributed by atoms with Crippen molar-refractivity contribution in [2.75, 3.05) is 31.8 Å². The van der Waals surface area contributed by atoms with Crippen molar-refractivity contribution in [1.82, 2.24) is 0 Å². The second-order valence-electron chi connectivity index (χ2n) is 4.20. The van der Waals surface area contributed by atoms with E-state index >= 15 is 0 Å². The zero-order chi connectivity index (χ0) is 13.0. The summed E-state index contributed by atoms with van der Waals surface area (Å²) in [6, 6.07) is 7.25. The summed E-state index contributed by atoms with van der Waals surface area (Å²) in [6.45, 7) is 1.40. The van der Waals surface area contributed by atoms with Crippen molar-refractivity contribution >= 4 is 11.6 Å². The molecule has 0 saturated carbocycles. The van der Waals surface area contributed by atoms with Gasteiger partial charge in [-0.1, -0.05) is 0 Å². The molecular weight excluding hydrogens is 234 g/mol. The number of methoxy groups -OCH3 is 1. The molecule has 1 heterocycles. The predicted octanol–water partition coefficient (Wildman–Crippen LogP) is 0.809. The third-order valence-corrected chi connectivity index (χ3v) is 2.81. The summed E-state index contributed by atoms with van der Waals surface area (Å²) in [5.74, 6) is 0.693. The maximum atomic E-state index is 11.6. The average molecular weight is 251 g/mol. The number of aliphatic hydroxyl groups excluding tert-OH is 1. The highest BCUT2D eigenvalue weighted by Gasteiger charge is 2.28. The minimum Gasteiger partial charge on any atom is -0.491 e. The lowest BCUT2D eigenvalue weighted by Crippen LogP contribution is -2.25. The van der Waals surface area contributed by atoms with Gasteiger partial charge >= 0.3 is 0 Å². The van der Waals surface area contributed by atoms with E-state index in [9.17, 15) is 9.90 Å². The molecule has 1 N–H and O–H groups in total. The molecular formula is C13H17NO4. The molecule has 1 amide bonds. The van der Waals surface area contributed by atoms with Gasteiger partial charge in [-0.25, -0.2) is 0 Å². The van der Waals surface area contributed by atoms with E-state index in [0.29, 0.717) is 19.8 Å². The fraction of sp³-hybridized carbons (Fsp3) is 0.462. The maximum Gasteiger partial charge on any atom is 0.229 e. The number of carbonyl (C=O) groups is 1. The molecule has 0 spiro atoms. The quantitative estimate of drug-likeness (QED) is 0.787. The number of benzene rings is 1. The van der Waals surface area contributed by atoms with Gasteiger partial charge in [-0.3, -0.25) is 4.79 Å². The number of nitrogens with zero attached hydrogens (tertiary/aromatic N) is 1. The summed E-state index contributed by atoms with van der Waals surface area (Å²) in [4.78, 5) is 13.2. The average Bonchev–Trinajstić information content (AvgIpc) is 2.70. The minimum absolute atomic E-state index is 0.0458. The highest BCUT2D eigenvalue weighted by atomic mass is 16.5. The fourth-order valence-electron chi connectivity index (χ4n) is 1.90. The molecule has 1 unspecified atom stereocenters. The lowest BCUT2D eigenvalue weighted by Gasteiger charge is -2.16. The molecule has 5 nitrogen and oxygen atoms in total. The summed E-state index contributed by atoms with van der Waals surface area (Å²) in [7, 11) is 1.62. The van der Waals surface area contributed by atoms with Crippen LogP contribution in [-0.4, -0.2) is 44.0 Å². The second-order valence-corrected chi connectivity index (χ2v) is 4.20. The van der Waals surface area contributed by atoms with Crippen LogP contribution < -0.4 is 9.64 Å². The SMILES string of the molecule is COCCOc1ccc(N2CC(O)CC2=O)cc1. The van der Waals surface area contributed by atoms with Crippen molar-refractivity contribution in [3.63, 3.8) is 0 Å². The van der Waals surface area contributed by atoms with Crippen molar-refractivity contribution in [3.8, 4) is 5.75 Å². The minimum atomic E-state index is -0.560. The third-order valence-electron chi connectivity index (χ3n) is 2.81. The van der Waals surface area contributed by atoms with Gasteiger partial charge in [-0.15, -0.1) is 0 Å². The first-order valence-corrected chi connectivity index (χ1v) is 5.91. The monoisotopic (exact) mass is 251 g/mol. The first-order chi connectivity index (χ1) is 8.70. The van der Waals surface area contributed by atoms with Crippen LogP contribution in [0.1, 0.15) is 6.42 Å². The Balaban J connectivity index is 1.97. The van der Waals surface area contributed by atoms with Crippen LogP contribution in [0.5, 0.6) is 5.75 Å². The Morgan fingerprint density at radius 3 is 2.61 bits per heavy atom. The van der Waals surface area contributed by atoms with Gasteiger partial charge in [0.2, 0.25) is 5.91 Å². The van der Waals surface area contributed by atoms with Gasteiger partial charge in [0.25, 0.3) is 0 Å². The predicted molar refractivity (Wildman–Crippen MR) is 66.8 cm³/mol. The van der Waals surface area contributed by atoms with Crippen LogP contribution in [0.4, 0.5) is 5.69 Å². The molecule has 0 aromatic heterocycles. The normalized spacial score (nSPS) is 19.3. The molecule has 1 atom stereocenters. The van der Waals surface area contributed by atoms with Gasteiger partial charge in [0.15, 0.2) is 0 Å². The van der Waals surface area contributed by atoms with Crippen LogP contribution in [0.3, 0.4) is 0 Å². The highest BCUT2D eigenvalue weighted by molar-refractivity contribution is 5.96. The zero-order valence-corrected chi connectivity index (χ0v) is 10.3. The molecule has 5 heteroatoms. The Hall–Kier alpha value is -1.59. The third kappa shape index (κ3) is 3.00. The molecule has 1 aliphatic heterocycles. The van der Waals surface area contributed by atoms with E-state index in [1.807, 2.05) is 24.3 Å². The molecule has 1 saturated heterocycles. The summed E-state index contributed by atoms with van der Waals surface area (Å²) >= 11 is 0. The molecule has 1 aliphatic rings. The first kappa shape index (κ1) is 12.9. The molecule has 1 aromatic carbocycles. The van der Waals surface area contributed by atoms with E-state index in [2.05, 4.69) is 0 Å². The summed E-state index contributed by atoms with van der Waals surface area (Å²) in [6.07, 6.45) is -0.360. The summed E-state index contributed by atoms with van der Waals surface area (Å²) < 4.78 is 10.3. The Kier molecular flexibility index (Phi) is 4.17. The Morgan fingerprint density at radius 1 is 1.33 bits per heavy atom. The number of rotatable bonds is 5. The molecule has 18 heavy (non-hydrogen) atoms. The molecule has 0 bridgehead atoms. The van der Waals surface area contributed by atoms with E-state index in [1.165, 1.54) is 0 Å². The Labute approximate surface area is 106 Å². The lowest BCUT2D eigenvalue weighted by atomic mass is 10.3. The van der Waals surface area contributed by atoms with Crippen molar-refractivity contribution in [2.24, 2.45) is 0 Å².